The van der Waals surface area contributed by atoms with Crippen molar-refractivity contribution < 1.29 is 19.1 Å². The molecule has 1 N–H and O–H groups in total. The molecule has 0 fully saturated rings. The molecule has 0 unspecified atom stereocenters. The third-order valence-corrected chi connectivity index (χ3v) is 4.62. The molecule has 140 valence electrons. The summed E-state index contributed by atoms with van der Waals surface area (Å²) >= 11 is 0. The first-order valence-electron chi connectivity index (χ1n) is 8.84. The van der Waals surface area contributed by atoms with Crippen LogP contribution in [0.5, 0.6) is 5.75 Å². The number of anilines is 2. The van der Waals surface area contributed by atoms with Crippen LogP contribution in [0.25, 0.3) is 0 Å². The molecule has 6 heteroatoms. The van der Waals surface area contributed by atoms with Crippen LogP contribution in [0.1, 0.15) is 37.6 Å². The fraction of sp³-hybridized carbons (Fsp3) is 0.286. The van der Waals surface area contributed by atoms with E-state index < -0.39 is 5.54 Å². The van der Waals surface area contributed by atoms with Crippen molar-refractivity contribution in [2.45, 2.75) is 32.7 Å². The maximum atomic E-state index is 12.9. The highest BCUT2D eigenvalue weighted by Gasteiger charge is 2.43. The first-order valence-corrected chi connectivity index (χ1v) is 8.84. The zero-order valence-electron chi connectivity index (χ0n) is 15.6. The summed E-state index contributed by atoms with van der Waals surface area (Å²) in [6, 6.07) is 13.9. The predicted octanol–water partition coefficient (Wildman–Crippen LogP) is 3.42. The van der Waals surface area contributed by atoms with E-state index in [2.05, 4.69) is 5.32 Å². The molecule has 0 atom stereocenters. The Labute approximate surface area is 158 Å². The van der Waals surface area contributed by atoms with E-state index >= 15 is 0 Å². The molecule has 1 aliphatic rings. The number of rotatable bonds is 5. The van der Waals surface area contributed by atoms with E-state index in [0.717, 1.165) is 0 Å². The number of hydrogen-bond acceptors (Lipinski definition) is 4. The van der Waals surface area contributed by atoms with E-state index in [4.69, 9.17) is 4.74 Å². The number of ketones is 1. The monoisotopic (exact) mass is 366 g/mol. The van der Waals surface area contributed by atoms with Crippen LogP contribution in [0.2, 0.25) is 0 Å². The Balaban J connectivity index is 1.77. The first-order chi connectivity index (χ1) is 12.8. The van der Waals surface area contributed by atoms with Gasteiger partial charge in [-0.3, -0.25) is 19.3 Å². The third-order valence-electron chi connectivity index (χ3n) is 4.62. The van der Waals surface area contributed by atoms with E-state index in [-0.39, 0.29) is 24.2 Å². The number of para-hydroxylation sites is 2. The first kappa shape index (κ1) is 18.6. The quantitative estimate of drug-likeness (QED) is 0.823. The number of carbonyl (C=O) groups is 3. The van der Waals surface area contributed by atoms with Crippen molar-refractivity contribution in [3.63, 3.8) is 0 Å². The van der Waals surface area contributed by atoms with Gasteiger partial charge < -0.3 is 10.1 Å². The summed E-state index contributed by atoms with van der Waals surface area (Å²) in [5, 5.41) is 2.83. The molecule has 2 amide bonds. The summed E-state index contributed by atoms with van der Waals surface area (Å²) < 4.78 is 5.60. The zero-order valence-corrected chi connectivity index (χ0v) is 15.6. The van der Waals surface area contributed by atoms with Gasteiger partial charge in [0.1, 0.15) is 11.3 Å². The Hall–Kier alpha value is -3.15. The summed E-state index contributed by atoms with van der Waals surface area (Å²) in [4.78, 5) is 38.4. The minimum absolute atomic E-state index is 0.0512. The molecular formula is C21H22N2O4. The molecule has 0 aromatic heterocycles. The number of nitrogens with one attached hydrogen (secondary N) is 1. The number of hydrogen-bond donors (Lipinski definition) is 1. The Bertz CT molecular complexity index is 887. The van der Waals surface area contributed by atoms with E-state index in [1.54, 1.807) is 63.2 Å². The number of Topliss-reactive ketones (excluding diaryl/α,β-unsaturated/α-hetero) is 1. The zero-order chi connectivity index (χ0) is 19.6. The van der Waals surface area contributed by atoms with Crippen molar-refractivity contribution in [3.05, 3.63) is 54.1 Å². The summed E-state index contributed by atoms with van der Waals surface area (Å²) in [7, 11) is 0. The molecule has 0 radical (unpaired) electrons. The number of fused-ring (bicyclic) bond motifs is 1. The lowest BCUT2D eigenvalue weighted by molar-refractivity contribution is -0.127. The van der Waals surface area contributed by atoms with Crippen molar-refractivity contribution in [1.82, 2.24) is 0 Å². The van der Waals surface area contributed by atoms with Crippen molar-refractivity contribution in [2.75, 3.05) is 16.8 Å². The fourth-order valence-corrected chi connectivity index (χ4v) is 3.05. The summed E-state index contributed by atoms with van der Waals surface area (Å²) in [6.07, 6.45) is 0.435. The molecule has 2 aromatic carbocycles. The molecule has 0 spiro atoms. The highest BCUT2D eigenvalue weighted by molar-refractivity contribution is 6.14. The molecular weight excluding hydrogens is 344 g/mol. The fourth-order valence-electron chi connectivity index (χ4n) is 3.05. The van der Waals surface area contributed by atoms with Crippen molar-refractivity contribution in [1.29, 1.82) is 0 Å². The molecule has 2 aromatic rings. The van der Waals surface area contributed by atoms with Gasteiger partial charge in [-0.25, -0.2) is 0 Å². The average Bonchev–Trinajstić information content (AvgIpc) is 2.66. The van der Waals surface area contributed by atoms with E-state index in [1.807, 2.05) is 6.07 Å². The summed E-state index contributed by atoms with van der Waals surface area (Å²) in [5.41, 5.74) is 0.808. The lowest BCUT2D eigenvalue weighted by Gasteiger charge is -2.41. The van der Waals surface area contributed by atoms with E-state index in [1.165, 1.54) is 4.90 Å². The summed E-state index contributed by atoms with van der Waals surface area (Å²) in [6.45, 7) is 4.98. The number of amides is 2. The maximum absolute atomic E-state index is 12.9. The molecule has 0 saturated carbocycles. The minimum atomic E-state index is -1.04. The molecule has 1 aliphatic heterocycles. The van der Waals surface area contributed by atoms with E-state index in [9.17, 15) is 14.4 Å². The lowest BCUT2D eigenvalue weighted by atomic mass is 9.96. The Kier molecular flexibility index (Phi) is 4.99. The molecule has 6 nitrogen and oxygen atoms in total. The van der Waals surface area contributed by atoms with Crippen molar-refractivity contribution in [3.8, 4) is 5.75 Å². The second-order valence-electron chi connectivity index (χ2n) is 6.85. The van der Waals surface area contributed by atoms with Crippen molar-refractivity contribution >= 4 is 29.0 Å². The van der Waals surface area contributed by atoms with Gasteiger partial charge in [0.15, 0.2) is 12.4 Å². The van der Waals surface area contributed by atoms with Crippen LogP contribution < -0.4 is 15.0 Å². The third kappa shape index (κ3) is 3.56. The number of benzene rings is 2. The number of nitrogens with zero attached hydrogens (tertiary/aromatic N) is 1. The van der Waals surface area contributed by atoms with Crippen LogP contribution >= 0.6 is 0 Å². The Morgan fingerprint density at radius 1 is 1.07 bits per heavy atom. The highest BCUT2D eigenvalue weighted by Crippen LogP contribution is 2.36. The van der Waals surface area contributed by atoms with Gasteiger partial charge >= 0.3 is 0 Å². The van der Waals surface area contributed by atoms with Crippen LogP contribution in [0.3, 0.4) is 0 Å². The standard InChI is InChI=1S/C21H22N2O4/c1-4-18(24)14-9-11-15(12-10-14)27-13-19(25)23-17-8-6-5-7-16(17)22-20(26)21(23,2)3/h5-12H,4,13H2,1-3H3,(H,22,26). The molecule has 0 bridgehead atoms. The normalized spacial score (nSPS) is 14.9. The van der Waals surface area contributed by atoms with Gasteiger partial charge in [0.05, 0.1) is 11.4 Å². The largest absolute Gasteiger partial charge is 0.484 e. The molecule has 1 heterocycles. The van der Waals surface area contributed by atoms with Crippen LogP contribution in [-0.4, -0.2) is 29.7 Å². The molecule has 27 heavy (non-hydrogen) atoms. The van der Waals surface area contributed by atoms with Crippen LogP contribution in [0.15, 0.2) is 48.5 Å². The van der Waals surface area contributed by atoms with Gasteiger partial charge in [0.25, 0.3) is 5.91 Å². The topological polar surface area (TPSA) is 75.7 Å². The van der Waals surface area contributed by atoms with Crippen LogP contribution in [0.4, 0.5) is 11.4 Å². The van der Waals surface area contributed by atoms with Gasteiger partial charge in [0, 0.05) is 12.0 Å². The SMILES string of the molecule is CCC(=O)c1ccc(OCC(=O)N2c3ccccc3NC(=O)C2(C)C)cc1. The number of carbonyl (C=O) groups excluding carboxylic acids is 3. The van der Waals surface area contributed by atoms with Crippen LogP contribution in [-0.2, 0) is 9.59 Å². The second kappa shape index (κ2) is 7.23. The molecule has 0 aliphatic carbocycles. The van der Waals surface area contributed by atoms with Gasteiger partial charge in [-0.1, -0.05) is 19.1 Å². The van der Waals surface area contributed by atoms with Gasteiger partial charge in [0.2, 0.25) is 5.91 Å². The number of ether oxygens (including phenoxy) is 1. The van der Waals surface area contributed by atoms with Gasteiger partial charge in [-0.15, -0.1) is 0 Å². The van der Waals surface area contributed by atoms with Crippen molar-refractivity contribution in [2.24, 2.45) is 0 Å². The smallest absolute Gasteiger partial charge is 0.265 e. The Morgan fingerprint density at radius 3 is 2.41 bits per heavy atom. The van der Waals surface area contributed by atoms with Gasteiger partial charge in [-0.05, 0) is 50.2 Å². The van der Waals surface area contributed by atoms with E-state index in [0.29, 0.717) is 29.1 Å². The molecule has 0 saturated heterocycles. The lowest BCUT2D eigenvalue weighted by Crippen LogP contribution is -2.59. The minimum Gasteiger partial charge on any atom is -0.484 e. The highest BCUT2D eigenvalue weighted by atomic mass is 16.5. The predicted molar refractivity (Wildman–Crippen MR) is 103 cm³/mol. The average molecular weight is 366 g/mol. The van der Waals surface area contributed by atoms with Gasteiger partial charge in [-0.2, -0.15) is 0 Å². The molecule has 3 rings (SSSR count). The van der Waals surface area contributed by atoms with Crippen LogP contribution in [0, 0.1) is 0 Å². The summed E-state index contributed by atoms with van der Waals surface area (Å²) in [5.74, 6) is -0.0353. The Morgan fingerprint density at radius 2 is 1.74 bits per heavy atom. The maximum Gasteiger partial charge on any atom is 0.265 e. The second-order valence-corrected chi connectivity index (χ2v) is 6.85.